The van der Waals surface area contributed by atoms with Gasteiger partial charge in [-0.2, -0.15) is 5.10 Å². The second-order valence-corrected chi connectivity index (χ2v) is 6.93. The Morgan fingerprint density at radius 1 is 1.54 bits per heavy atom. The van der Waals surface area contributed by atoms with E-state index in [9.17, 15) is 4.79 Å². The molecule has 5 heteroatoms. The van der Waals surface area contributed by atoms with Gasteiger partial charge in [0.05, 0.1) is 18.3 Å². The van der Waals surface area contributed by atoms with Gasteiger partial charge < -0.3 is 10.6 Å². The quantitative estimate of drug-likeness (QED) is 0.780. The van der Waals surface area contributed by atoms with Crippen LogP contribution in [0.1, 0.15) is 56.9 Å². The molecule has 0 saturated heterocycles. The molecule has 0 radical (unpaired) electrons. The first-order valence-electron chi connectivity index (χ1n) is 8.44. The summed E-state index contributed by atoms with van der Waals surface area (Å²) in [7, 11) is 0. The van der Waals surface area contributed by atoms with Crippen molar-refractivity contribution in [1.82, 2.24) is 15.1 Å². The molecule has 2 atom stereocenters. The lowest BCUT2D eigenvalue weighted by Gasteiger charge is -2.32. The molecule has 0 fully saturated rings. The molecule has 1 aromatic heterocycles. The van der Waals surface area contributed by atoms with Gasteiger partial charge in [-0.1, -0.05) is 38.3 Å². The smallest absolute Gasteiger partial charge is 0.257 e. The van der Waals surface area contributed by atoms with Crippen LogP contribution in [0.15, 0.2) is 43.2 Å². The molecule has 5 nitrogen and oxygen atoms in total. The van der Waals surface area contributed by atoms with Gasteiger partial charge in [0.2, 0.25) is 0 Å². The third kappa shape index (κ3) is 3.61. The summed E-state index contributed by atoms with van der Waals surface area (Å²) in [5.74, 6) is 0.663. The van der Waals surface area contributed by atoms with E-state index in [-0.39, 0.29) is 23.5 Å². The van der Waals surface area contributed by atoms with Crippen LogP contribution < -0.4 is 10.6 Å². The van der Waals surface area contributed by atoms with Crippen LogP contribution >= 0.6 is 0 Å². The Hall–Kier alpha value is -2.30. The molecular formula is C19H28N4O. The SMILES string of the molecule is C=C/C=C(\C=C)C1CC(C)n2ncc(C(=O)NC(C)(C)CC)c2N1. The number of aromatic nitrogens is 2. The van der Waals surface area contributed by atoms with Crippen LogP contribution in [0.2, 0.25) is 0 Å². The highest BCUT2D eigenvalue weighted by molar-refractivity contribution is 5.99. The molecule has 2 heterocycles. The highest BCUT2D eigenvalue weighted by Crippen LogP contribution is 2.32. The second kappa shape index (κ2) is 7.07. The van der Waals surface area contributed by atoms with Gasteiger partial charge in [-0.15, -0.1) is 0 Å². The monoisotopic (exact) mass is 328 g/mol. The van der Waals surface area contributed by atoms with E-state index in [2.05, 4.69) is 42.7 Å². The van der Waals surface area contributed by atoms with Crippen LogP contribution in [0, 0.1) is 0 Å². The lowest BCUT2D eigenvalue weighted by molar-refractivity contribution is 0.0912. The normalized spacial score (nSPS) is 20.8. The second-order valence-electron chi connectivity index (χ2n) is 6.93. The van der Waals surface area contributed by atoms with Crippen molar-refractivity contribution in [3.63, 3.8) is 0 Å². The van der Waals surface area contributed by atoms with Crippen molar-refractivity contribution in [2.24, 2.45) is 0 Å². The van der Waals surface area contributed by atoms with Gasteiger partial charge in [0.15, 0.2) is 0 Å². The molecule has 1 amide bonds. The van der Waals surface area contributed by atoms with Crippen LogP contribution in [0.3, 0.4) is 0 Å². The average Bonchev–Trinajstić information content (AvgIpc) is 2.96. The maximum Gasteiger partial charge on any atom is 0.257 e. The summed E-state index contributed by atoms with van der Waals surface area (Å²) >= 11 is 0. The minimum atomic E-state index is -0.249. The third-order valence-corrected chi connectivity index (χ3v) is 4.63. The lowest BCUT2D eigenvalue weighted by atomic mass is 9.97. The minimum Gasteiger partial charge on any atom is -0.363 e. The Labute approximate surface area is 144 Å². The Morgan fingerprint density at radius 3 is 2.83 bits per heavy atom. The number of amides is 1. The van der Waals surface area contributed by atoms with Crippen molar-refractivity contribution in [3.8, 4) is 0 Å². The summed E-state index contributed by atoms with van der Waals surface area (Å²) in [5.41, 5.74) is 1.39. The van der Waals surface area contributed by atoms with Crippen LogP contribution in [0.5, 0.6) is 0 Å². The summed E-state index contributed by atoms with van der Waals surface area (Å²) < 4.78 is 1.89. The molecule has 2 N–H and O–H groups in total. The third-order valence-electron chi connectivity index (χ3n) is 4.63. The fourth-order valence-electron chi connectivity index (χ4n) is 2.82. The highest BCUT2D eigenvalue weighted by atomic mass is 16.1. The Kier molecular flexibility index (Phi) is 5.32. The number of hydrogen-bond donors (Lipinski definition) is 2. The minimum absolute atomic E-state index is 0.0884. The van der Waals surface area contributed by atoms with E-state index < -0.39 is 0 Å². The molecule has 0 bridgehead atoms. The maximum atomic E-state index is 12.7. The molecule has 1 aliphatic rings. The van der Waals surface area contributed by atoms with Crippen LogP contribution in [-0.2, 0) is 0 Å². The van der Waals surface area contributed by atoms with Crippen molar-refractivity contribution in [2.45, 2.75) is 58.2 Å². The number of fused-ring (bicyclic) bond motifs is 1. The van der Waals surface area contributed by atoms with E-state index in [1.54, 1.807) is 12.3 Å². The lowest BCUT2D eigenvalue weighted by Crippen LogP contribution is -2.43. The summed E-state index contributed by atoms with van der Waals surface area (Å²) in [6.07, 6.45) is 8.92. The van der Waals surface area contributed by atoms with Crippen molar-refractivity contribution < 1.29 is 4.79 Å². The van der Waals surface area contributed by atoms with E-state index in [0.29, 0.717) is 5.56 Å². The zero-order chi connectivity index (χ0) is 17.9. The molecule has 0 aromatic carbocycles. The standard InChI is InChI=1S/C19H28N4O/c1-7-10-14(8-2)16-11-13(4)23-17(21-16)15(12-20-23)18(24)22-19(5,6)9-3/h7-8,10,12-13,16,21H,1-2,9,11H2,3-6H3,(H,22,24)/b14-10+. The molecule has 24 heavy (non-hydrogen) atoms. The Bertz CT molecular complexity index is 669. The number of nitrogens with zero attached hydrogens (tertiary/aromatic N) is 2. The molecule has 1 aliphatic heterocycles. The molecule has 130 valence electrons. The molecule has 0 aliphatic carbocycles. The number of anilines is 1. The van der Waals surface area contributed by atoms with Crippen molar-refractivity contribution in [2.75, 3.05) is 5.32 Å². The first-order chi connectivity index (χ1) is 11.3. The van der Waals surface area contributed by atoms with E-state index in [1.165, 1.54) is 0 Å². The van der Waals surface area contributed by atoms with Crippen LogP contribution in [0.4, 0.5) is 5.82 Å². The zero-order valence-electron chi connectivity index (χ0n) is 15.1. The van der Waals surface area contributed by atoms with Crippen molar-refractivity contribution in [1.29, 1.82) is 0 Å². The van der Waals surface area contributed by atoms with Gasteiger partial charge in [0.1, 0.15) is 11.4 Å². The molecule has 1 aromatic rings. The average molecular weight is 328 g/mol. The summed E-state index contributed by atoms with van der Waals surface area (Å²) in [5, 5.41) is 10.9. The van der Waals surface area contributed by atoms with Gasteiger partial charge in [-0.25, -0.2) is 4.68 Å². The van der Waals surface area contributed by atoms with Crippen LogP contribution in [0.25, 0.3) is 0 Å². The Balaban J connectivity index is 2.32. The van der Waals surface area contributed by atoms with Gasteiger partial charge in [0, 0.05) is 5.54 Å². The van der Waals surface area contributed by atoms with E-state index in [1.807, 2.05) is 30.7 Å². The van der Waals surface area contributed by atoms with Gasteiger partial charge in [-0.3, -0.25) is 4.79 Å². The van der Waals surface area contributed by atoms with Gasteiger partial charge >= 0.3 is 0 Å². The molecular weight excluding hydrogens is 300 g/mol. The molecule has 2 unspecified atom stereocenters. The largest absolute Gasteiger partial charge is 0.363 e. The number of nitrogens with one attached hydrogen (secondary N) is 2. The van der Waals surface area contributed by atoms with E-state index in [4.69, 9.17) is 0 Å². The number of carbonyl (C=O) groups excluding carboxylic acids is 1. The van der Waals surface area contributed by atoms with E-state index >= 15 is 0 Å². The maximum absolute atomic E-state index is 12.7. The molecule has 2 rings (SSSR count). The van der Waals surface area contributed by atoms with Crippen LogP contribution in [-0.4, -0.2) is 27.3 Å². The topological polar surface area (TPSA) is 59.0 Å². The zero-order valence-corrected chi connectivity index (χ0v) is 15.1. The summed E-state index contributed by atoms with van der Waals surface area (Å²) in [4.78, 5) is 12.7. The fraction of sp³-hybridized carbons (Fsp3) is 0.474. The first kappa shape index (κ1) is 18.0. The summed E-state index contributed by atoms with van der Waals surface area (Å²) in [6.45, 7) is 15.8. The van der Waals surface area contributed by atoms with Crippen molar-refractivity contribution >= 4 is 11.7 Å². The summed E-state index contributed by atoms with van der Waals surface area (Å²) in [6, 6.07) is 0.283. The number of rotatable bonds is 6. The fourth-order valence-corrected chi connectivity index (χ4v) is 2.82. The van der Waals surface area contributed by atoms with Gasteiger partial charge in [-0.05, 0) is 39.2 Å². The highest BCUT2D eigenvalue weighted by Gasteiger charge is 2.31. The van der Waals surface area contributed by atoms with Gasteiger partial charge in [0.25, 0.3) is 5.91 Å². The molecule has 0 spiro atoms. The number of hydrogen-bond acceptors (Lipinski definition) is 3. The Morgan fingerprint density at radius 2 is 2.25 bits per heavy atom. The van der Waals surface area contributed by atoms with E-state index in [0.717, 1.165) is 24.2 Å². The first-order valence-corrected chi connectivity index (χ1v) is 8.44. The number of carbonyl (C=O) groups is 1. The predicted molar refractivity (Wildman–Crippen MR) is 99.3 cm³/mol. The molecule has 0 saturated carbocycles. The predicted octanol–water partition coefficient (Wildman–Crippen LogP) is 3.85. The van der Waals surface area contributed by atoms with Crippen molar-refractivity contribution in [3.05, 3.63) is 48.7 Å². The number of allylic oxidation sites excluding steroid dienone is 2.